The van der Waals surface area contributed by atoms with Crippen molar-refractivity contribution in [3.63, 3.8) is 0 Å². The molecule has 0 amide bonds. The molecule has 2 aromatic carbocycles. The summed E-state index contributed by atoms with van der Waals surface area (Å²) in [5.41, 5.74) is 1.47. The third-order valence-corrected chi connectivity index (χ3v) is 2.85. The van der Waals surface area contributed by atoms with Gasteiger partial charge in [-0.2, -0.15) is 0 Å². The van der Waals surface area contributed by atoms with Crippen LogP contribution in [0, 0.1) is 6.92 Å². The van der Waals surface area contributed by atoms with Crippen LogP contribution in [0.3, 0.4) is 0 Å². The molecule has 0 aliphatic carbocycles. The maximum absolute atomic E-state index is 12.0. The molecule has 0 radical (unpaired) electrons. The number of esters is 1. The first-order valence-corrected chi connectivity index (χ1v) is 5.85. The number of aryl methyl sites for hydroxylation is 1. The van der Waals surface area contributed by atoms with Crippen LogP contribution >= 0.6 is 0 Å². The summed E-state index contributed by atoms with van der Waals surface area (Å²) >= 11 is 0. The van der Waals surface area contributed by atoms with Crippen molar-refractivity contribution >= 4 is 22.5 Å². The van der Waals surface area contributed by atoms with E-state index in [0.29, 0.717) is 5.56 Å². The molecule has 0 fully saturated rings. The SMILES string of the molecule is CCOC(=O)C(=O)c1ccc(C)c2ccccc12. The zero-order chi connectivity index (χ0) is 13.1. The van der Waals surface area contributed by atoms with Gasteiger partial charge in [0.05, 0.1) is 6.61 Å². The highest BCUT2D eigenvalue weighted by Crippen LogP contribution is 2.22. The van der Waals surface area contributed by atoms with E-state index in [1.54, 1.807) is 13.0 Å². The molecular formula is C15H14O3. The topological polar surface area (TPSA) is 43.4 Å². The van der Waals surface area contributed by atoms with Gasteiger partial charge in [-0.3, -0.25) is 4.79 Å². The lowest BCUT2D eigenvalue weighted by atomic mass is 9.98. The molecule has 0 unspecified atom stereocenters. The van der Waals surface area contributed by atoms with Crippen molar-refractivity contribution in [1.29, 1.82) is 0 Å². The zero-order valence-electron chi connectivity index (χ0n) is 10.4. The molecule has 0 aliphatic heterocycles. The van der Waals surface area contributed by atoms with Crippen molar-refractivity contribution in [1.82, 2.24) is 0 Å². The molecule has 0 aliphatic rings. The number of carbonyl (C=O) groups excluding carboxylic acids is 2. The van der Waals surface area contributed by atoms with Crippen molar-refractivity contribution in [2.45, 2.75) is 13.8 Å². The quantitative estimate of drug-likeness (QED) is 0.472. The molecule has 0 aromatic heterocycles. The van der Waals surface area contributed by atoms with E-state index in [0.717, 1.165) is 16.3 Å². The van der Waals surface area contributed by atoms with Gasteiger partial charge in [-0.25, -0.2) is 4.79 Å². The van der Waals surface area contributed by atoms with Crippen molar-refractivity contribution in [3.05, 3.63) is 47.5 Å². The van der Waals surface area contributed by atoms with Crippen LogP contribution in [0.25, 0.3) is 10.8 Å². The first kappa shape index (κ1) is 12.3. The second-order valence-electron chi connectivity index (χ2n) is 4.03. The maximum atomic E-state index is 12.0. The predicted octanol–water partition coefficient (Wildman–Crippen LogP) is 2.89. The van der Waals surface area contributed by atoms with Gasteiger partial charge in [-0.05, 0) is 36.2 Å². The number of ketones is 1. The molecule has 92 valence electrons. The minimum Gasteiger partial charge on any atom is -0.460 e. The van der Waals surface area contributed by atoms with Gasteiger partial charge in [0.2, 0.25) is 0 Å². The molecule has 0 saturated heterocycles. The lowest BCUT2D eigenvalue weighted by Gasteiger charge is -2.07. The summed E-state index contributed by atoms with van der Waals surface area (Å²) in [6.45, 7) is 3.85. The van der Waals surface area contributed by atoms with Crippen LogP contribution in [0.4, 0.5) is 0 Å². The van der Waals surface area contributed by atoms with Gasteiger partial charge < -0.3 is 4.74 Å². The molecule has 18 heavy (non-hydrogen) atoms. The van der Waals surface area contributed by atoms with Crippen molar-refractivity contribution in [3.8, 4) is 0 Å². The summed E-state index contributed by atoms with van der Waals surface area (Å²) < 4.78 is 4.75. The highest BCUT2D eigenvalue weighted by atomic mass is 16.5. The highest BCUT2D eigenvalue weighted by Gasteiger charge is 2.19. The normalized spacial score (nSPS) is 10.3. The van der Waals surface area contributed by atoms with E-state index in [2.05, 4.69) is 0 Å². The van der Waals surface area contributed by atoms with Crippen molar-refractivity contribution in [2.75, 3.05) is 6.61 Å². The standard InChI is InChI=1S/C15H14O3/c1-3-18-15(17)14(16)13-9-8-10(2)11-6-4-5-7-12(11)13/h4-9H,3H2,1-2H3. The fraction of sp³-hybridized carbons (Fsp3) is 0.200. The molecule has 3 heteroatoms. The van der Waals surface area contributed by atoms with Crippen LogP contribution in [0.1, 0.15) is 22.8 Å². The lowest BCUT2D eigenvalue weighted by molar-refractivity contribution is -0.137. The molecule has 2 aromatic rings. The average molecular weight is 242 g/mol. The van der Waals surface area contributed by atoms with Gasteiger partial charge in [0.1, 0.15) is 0 Å². The summed E-state index contributed by atoms with van der Waals surface area (Å²) in [6, 6.07) is 11.1. The Bertz CT molecular complexity index is 614. The van der Waals surface area contributed by atoms with Crippen LogP contribution < -0.4 is 0 Å². The third-order valence-electron chi connectivity index (χ3n) is 2.85. The fourth-order valence-corrected chi connectivity index (χ4v) is 1.95. The van der Waals surface area contributed by atoms with E-state index in [1.165, 1.54) is 0 Å². The number of Topliss-reactive ketones (excluding diaryl/α,β-unsaturated/α-hetero) is 1. The summed E-state index contributed by atoms with van der Waals surface area (Å²) in [5.74, 6) is -1.39. The molecular weight excluding hydrogens is 228 g/mol. The Morgan fingerprint density at radius 3 is 2.39 bits per heavy atom. The monoisotopic (exact) mass is 242 g/mol. The molecule has 0 spiro atoms. The van der Waals surface area contributed by atoms with Gasteiger partial charge in [-0.1, -0.05) is 30.3 Å². The number of hydrogen-bond acceptors (Lipinski definition) is 3. The molecule has 3 nitrogen and oxygen atoms in total. The number of benzene rings is 2. The second kappa shape index (κ2) is 5.00. The van der Waals surface area contributed by atoms with Gasteiger partial charge in [-0.15, -0.1) is 0 Å². The Morgan fingerprint density at radius 2 is 1.72 bits per heavy atom. The predicted molar refractivity (Wildman–Crippen MR) is 69.6 cm³/mol. The Kier molecular flexibility index (Phi) is 3.42. The van der Waals surface area contributed by atoms with Crippen molar-refractivity contribution in [2.24, 2.45) is 0 Å². The summed E-state index contributed by atoms with van der Waals surface area (Å²) in [5, 5.41) is 1.77. The average Bonchev–Trinajstić information content (AvgIpc) is 2.39. The van der Waals surface area contributed by atoms with E-state index in [1.807, 2.05) is 37.3 Å². The summed E-state index contributed by atoms with van der Waals surface area (Å²) in [7, 11) is 0. The molecule has 2 rings (SSSR count). The van der Waals surface area contributed by atoms with Crippen LogP contribution in [-0.2, 0) is 9.53 Å². The smallest absolute Gasteiger partial charge is 0.379 e. The van der Waals surface area contributed by atoms with Crippen LogP contribution in [0.15, 0.2) is 36.4 Å². The Morgan fingerprint density at radius 1 is 1.06 bits per heavy atom. The van der Waals surface area contributed by atoms with E-state index in [9.17, 15) is 9.59 Å². The molecule has 0 heterocycles. The largest absolute Gasteiger partial charge is 0.460 e. The van der Waals surface area contributed by atoms with E-state index in [-0.39, 0.29) is 6.61 Å². The molecule has 0 atom stereocenters. The molecule has 0 bridgehead atoms. The van der Waals surface area contributed by atoms with E-state index < -0.39 is 11.8 Å². The lowest BCUT2D eigenvalue weighted by Crippen LogP contribution is -2.17. The minimum absolute atomic E-state index is 0.203. The highest BCUT2D eigenvalue weighted by molar-refractivity contribution is 6.43. The van der Waals surface area contributed by atoms with E-state index in [4.69, 9.17) is 4.74 Å². The van der Waals surface area contributed by atoms with Crippen LogP contribution in [-0.4, -0.2) is 18.4 Å². The van der Waals surface area contributed by atoms with Crippen LogP contribution in [0.5, 0.6) is 0 Å². The number of rotatable bonds is 3. The van der Waals surface area contributed by atoms with Gasteiger partial charge in [0.15, 0.2) is 0 Å². The zero-order valence-corrected chi connectivity index (χ0v) is 10.4. The minimum atomic E-state index is -0.800. The fourth-order valence-electron chi connectivity index (χ4n) is 1.95. The molecule has 0 N–H and O–H groups in total. The maximum Gasteiger partial charge on any atom is 0.379 e. The number of fused-ring (bicyclic) bond motifs is 1. The number of ether oxygens (including phenoxy) is 1. The van der Waals surface area contributed by atoms with Gasteiger partial charge in [0, 0.05) is 5.56 Å². The third kappa shape index (κ3) is 2.12. The summed E-state index contributed by atoms with van der Waals surface area (Å²) in [6.07, 6.45) is 0. The first-order valence-electron chi connectivity index (χ1n) is 5.85. The Hall–Kier alpha value is -2.16. The van der Waals surface area contributed by atoms with E-state index >= 15 is 0 Å². The van der Waals surface area contributed by atoms with Gasteiger partial charge in [0.25, 0.3) is 5.78 Å². The number of hydrogen-bond donors (Lipinski definition) is 0. The summed E-state index contributed by atoms with van der Waals surface area (Å²) in [4.78, 5) is 23.5. The van der Waals surface area contributed by atoms with Gasteiger partial charge >= 0.3 is 5.97 Å². The Balaban J connectivity index is 2.55. The second-order valence-corrected chi connectivity index (χ2v) is 4.03. The Labute approximate surface area is 105 Å². The number of carbonyl (C=O) groups is 2. The molecule has 0 saturated carbocycles. The first-order chi connectivity index (χ1) is 8.65. The van der Waals surface area contributed by atoms with Crippen LogP contribution in [0.2, 0.25) is 0 Å². The van der Waals surface area contributed by atoms with Crippen molar-refractivity contribution < 1.29 is 14.3 Å².